The molecule has 0 amide bonds. The minimum Gasteiger partial charge on any atom is -0.439 e. The molecule has 0 aliphatic heterocycles. The molecule has 2 heterocycles. The van der Waals surface area contributed by atoms with E-state index in [4.69, 9.17) is 9.68 Å². The Morgan fingerprint density at radius 3 is 2.59 bits per heavy atom. The van der Waals surface area contributed by atoms with Crippen LogP contribution in [0.3, 0.4) is 0 Å². The summed E-state index contributed by atoms with van der Waals surface area (Å²) in [6.07, 6.45) is 1.59. The molecule has 0 bridgehead atoms. The molecule has 0 radical (unpaired) electrons. The van der Waals surface area contributed by atoms with Crippen LogP contribution in [0.15, 0.2) is 26.9 Å². The third kappa shape index (κ3) is 2.48. The summed E-state index contributed by atoms with van der Waals surface area (Å²) in [7, 11) is 0. The van der Waals surface area contributed by atoms with Crippen molar-refractivity contribution in [3.05, 3.63) is 35.0 Å². The first kappa shape index (κ1) is 11.7. The molecule has 2 rings (SSSR count). The van der Waals surface area contributed by atoms with Crippen molar-refractivity contribution in [2.75, 3.05) is 0 Å². The van der Waals surface area contributed by atoms with Gasteiger partial charge in [-0.3, -0.25) is 4.98 Å². The SMILES string of the molecule is Cc1coc(Sc2cc(C)nc(C)c2C#N)n1. The first-order valence-corrected chi connectivity index (χ1v) is 5.90. The maximum atomic E-state index is 9.12. The van der Waals surface area contributed by atoms with Crippen molar-refractivity contribution in [3.8, 4) is 6.07 Å². The van der Waals surface area contributed by atoms with Crippen molar-refractivity contribution in [2.45, 2.75) is 30.9 Å². The third-order valence-electron chi connectivity index (χ3n) is 2.20. The van der Waals surface area contributed by atoms with Crippen LogP contribution < -0.4 is 0 Å². The fourth-order valence-electron chi connectivity index (χ4n) is 1.48. The second-order valence-corrected chi connectivity index (χ2v) is 4.68. The Hall–Kier alpha value is -1.80. The molecule has 0 atom stereocenters. The number of pyridine rings is 1. The third-order valence-corrected chi connectivity index (χ3v) is 3.10. The van der Waals surface area contributed by atoms with Crippen molar-refractivity contribution in [2.24, 2.45) is 0 Å². The van der Waals surface area contributed by atoms with Crippen LogP contribution >= 0.6 is 11.8 Å². The van der Waals surface area contributed by atoms with Gasteiger partial charge in [0.05, 0.1) is 17.0 Å². The molecule has 0 aromatic carbocycles. The van der Waals surface area contributed by atoms with Crippen LogP contribution in [0, 0.1) is 32.1 Å². The molecule has 17 heavy (non-hydrogen) atoms. The van der Waals surface area contributed by atoms with Crippen molar-refractivity contribution in [1.82, 2.24) is 9.97 Å². The number of hydrogen-bond acceptors (Lipinski definition) is 5. The van der Waals surface area contributed by atoms with Crippen molar-refractivity contribution in [1.29, 1.82) is 5.26 Å². The molecular weight excluding hydrogens is 234 g/mol. The number of oxazole rings is 1. The molecule has 0 saturated carbocycles. The van der Waals surface area contributed by atoms with Gasteiger partial charge in [-0.1, -0.05) is 0 Å². The van der Waals surface area contributed by atoms with E-state index in [9.17, 15) is 0 Å². The summed E-state index contributed by atoms with van der Waals surface area (Å²) in [6.45, 7) is 5.59. The van der Waals surface area contributed by atoms with Crippen LogP contribution in [0.1, 0.15) is 22.6 Å². The monoisotopic (exact) mass is 245 g/mol. The lowest BCUT2D eigenvalue weighted by molar-refractivity contribution is 0.454. The van der Waals surface area contributed by atoms with E-state index in [2.05, 4.69) is 16.0 Å². The van der Waals surface area contributed by atoms with E-state index in [0.717, 1.165) is 22.0 Å². The van der Waals surface area contributed by atoms with E-state index < -0.39 is 0 Å². The zero-order valence-electron chi connectivity index (χ0n) is 9.81. The highest BCUT2D eigenvalue weighted by Crippen LogP contribution is 2.31. The molecule has 0 unspecified atom stereocenters. The van der Waals surface area contributed by atoms with Gasteiger partial charge >= 0.3 is 0 Å². The van der Waals surface area contributed by atoms with E-state index in [1.807, 2.05) is 26.8 Å². The van der Waals surface area contributed by atoms with Crippen LogP contribution in [0.25, 0.3) is 0 Å². The molecule has 0 spiro atoms. The highest BCUT2D eigenvalue weighted by atomic mass is 32.2. The van der Waals surface area contributed by atoms with Crippen molar-refractivity contribution < 1.29 is 4.42 Å². The lowest BCUT2D eigenvalue weighted by Crippen LogP contribution is -1.94. The van der Waals surface area contributed by atoms with E-state index in [1.54, 1.807) is 6.26 Å². The summed E-state index contributed by atoms with van der Waals surface area (Å²) in [6, 6.07) is 4.04. The second-order valence-electron chi connectivity index (χ2n) is 3.69. The van der Waals surface area contributed by atoms with Gasteiger partial charge in [0.2, 0.25) is 0 Å². The highest BCUT2D eigenvalue weighted by molar-refractivity contribution is 7.99. The Morgan fingerprint density at radius 1 is 1.24 bits per heavy atom. The molecule has 0 fully saturated rings. The number of hydrogen-bond donors (Lipinski definition) is 0. The number of rotatable bonds is 2. The van der Waals surface area contributed by atoms with Gasteiger partial charge in [-0.05, 0) is 38.6 Å². The van der Waals surface area contributed by atoms with E-state index in [0.29, 0.717) is 10.8 Å². The van der Waals surface area contributed by atoms with Gasteiger partial charge in [-0.25, -0.2) is 4.98 Å². The van der Waals surface area contributed by atoms with Crippen molar-refractivity contribution >= 4 is 11.8 Å². The smallest absolute Gasteiger partial charge is 0.260 e. The zero-order chi connectivity index (χ0) is 12.4. The lowest BCUT2D eigenvalue weighted by Gasteiger charge is -2.04. The van der Waals surface area contributed by atoms with Gasteiger partial charge in [0.25, 0.3) is 5.22 Å². The van der Waals surface area contributed by atoms with Crippen LogP contribution in [0.2, 0.25) is 0 Å². The van der Waals surface area contributed by atoms with Crippen LogP contribution in [0.4, 0.5) is 0 Å². The quantitative estimate of drug-likeness (QED) is 0.813. The van der Waals surface area contributed by atoms with E-state index in [1.165, 1.54) is 11.8 Å². The normalized spacial score (nSPS) is 10.2. The Bertz CT molecular complexity index is 598. The maximum Gasteiger partial charge on any atom is 0.260 e. The zero-order valence-corrected chi connectivity index (χ0v) is 10.6. The fourth-order valence-corrected chi connectivity index (χ4v) is 2.48. The average Bonchev–Trinajstić information content (AvgIpc) is 2.63. The standard InChI is InChI=1S/C12H11N3OS/c1-7-4-11(10(5-13)9(3)14-7)17-12-15-8(2)6-16-12/h4,6H,1-3H3. The highest BCUT2D eigenvalue weighted by Gasteiger charge is 2.12. The predicted octanol–water partition coefficient (Wildman–Crippen LogP) is 3.02. The van der Waals surface area contributed by atoms with Gasteiger partial charge in [0.15, 0.2) is 0 Å². The molecule has 0 aliphatic carbocycles. The molecule has 4 nitrogen and oxygen atoms in total. The van der Waals surface area contributed by atoms with Crippen LogP contribution in [-0.2, 0) is 0 Å². The van der Waals surface area contributed by atoms with E-state index >= 15 is 0 Å². The first-order chi connectivity index (χ1) is 8.10. The maximum absolute atomic E-state index is 9.12. The summed E-state index contributed by atoms with van der Waals surface area (Å²) in [5.74, 6) is 0. The topological polar surface area (TPSA) is 62.7 Å². The Labute approximate surface area is 104 Å². The molecule has 0 saturated heterocycles. The summed E-state index contributed by atoms with van der Waals surface area (Å²) in [5, 5.41) is 9.66. The van der Waals surface area contributed by atoms with Gasteiger partial charge < -0.3 is 4.42 Å². The molecule has 2 aromatic rings. The molecule has 86 valence electrons. The summed E-state index contributed by atoms with van der Waals surface area (Å²) in [5.41, 5.74) is 3.02. The van der Waals surface area contributed by atoms with Gasteiger partial charge in [0.1, 0.15) is 12.3 Å². The predicted molar refractivity (Wildman–Crippen MR) is 63.8 cm³/mol. The summed E-state index contributed by atoms with van der Waals surface area (Å²) >= 11 is 1.35. The van der Waals surface area contributed by atoms with Crippen molar-refractivity contribution in [3.63, 3.8) is 0 Å². The first-order valence-electron chi connectivity index (χ1n) is 5.08. The number of nitriles is 1. The Morgan fingerprint density at radius 2 is 2.00 bits per heavy atom. The molecule has 2 aromatic heterocycles. The lowest BCUT2D eigenvalue weighted by atomic mass is 10.2. The van der Waals surface area contributed by atoms with Gasteiger partial charge in [-0.2, -0.15) is 5.26 Å². The number of nitrogens with zero attached hydrogens (tertiary/aromatic N) is 3. The second kappa shape index (κ2) is 4.60. The van der Waals surface area contributed by atoms with Crippen LogP contribution in [-0.4, -0.2) is 9.97 Å². The summed E-state index contributed by atoms with van der Waals surface area (Å²) < 4.78 is 5.27. The molecule has 5 heteroatoms. The minimum absolute atomic E-state index is 0.545. The van der Waals surface area contributed by atoms with Gasteiger partial charge in [0, 0.05) is 10.6 Å². The molecule has 0 N–H and O–H groups in total. The average molecular weight is 245 g/mol. The number of aromatic nitrogens is 2. The molecule has 0 aliphatic rings. The fraction of sp³-hybridized carbons (Fsp3) is 0.250. The number of aryl methyl sites for hydroxylation is 3. The Balaban J connectivity index is 2.42. The molecular formula is C12H11N3OS. The largest absolute Gasteiger partial charge is 0.439 e. The van der Waals surface area contributed by atoms with Gasteiger partial charge in [-0.15, -0.1) is 0 Å². The Kier molecular flexibility index (Phi) is 3.16. The van der Waals surface area contributed by atoms with E-state index in [-0.39, 0.29) is 0 Å². The minimum atomic E-state index is 0.545. The summed E-state index contributed by atoms with van der Waals surface area (Å²) in [4.78, 5) is 9.30. The van der Waals surface area contributed by atoms with Crippen LogP contribution in [0.5, 0.6) is 0 Å².